The third kappa shape index (κ3) is 3.13. The first-order valence-corrected chi connectivity index (χ1v) is 7.24. The third-order valence-corrected chi connectivity index (χ3v) is 3.43. The first-order chi connectivity index (χ1) is 9.67. The standard InChI is InChI=1S/C16H23N3O/c1-4-12-7-8-16(15(17)9-12)20-11-14-10-13(5-2)18-19(14)6-3/h7-10H,4-6,11,17H2,1-3H3. The molecular weight excluding hydrogens is 250 g/mol. The quantitative estimate of drug-likeness (QED) is 0.822. The first-order valence-electron chi connectivity index (χ1n) is 7.24. The SMILES string of the molecule is CCc1ccc(OCc2cc(CC)nn2CC)c(N)c1. The zero-order chi connectivity index (χ0) is 14.5. The Morgan fingerprint density at radius 1 is 1.15 bits per heavy atom. The third-order valence-electron chi connectivity index (χ3n) is 3.43. The van der Waals surface area contributed by atoms with Gasteiger partial charge in [0.05, 0.1) is 17.1 Å². The molecule has 0 unspecified atom stereocenters. The number of aromatic nitrogens is 2. The van der Waals surface area contributed by atoms with Crippen molar-refractivity contribution in [1.29, 1.82) is 0 Å². The number of anilines is 1. The second kappa shape index (κ2) is 6.46. The summed E-state index contributed by atoms with van der Waals surface area (Å²) < 4.78 is 7.82. The molecule has 0 amide bonds. The highest BCUT2D eigenvalue weighted by molar-refractivity contribution is 5.54. The molecule has 4 heteroatoms. The van der Waals surface area contributed by atoms with Crippen molar-refractivity contribution in [3.05, 3.63) is 41.2 Å². The van der Waals surface area contributed by atoms with E-state index in [0.717, 1.165) is 36.5 Å². The maximum atomic E-state index is 6.02. The maximum absolute atomic E-state index is 6.02. The van der Waals surface area contributed by atoms with E-state index in [0.29, 0.717) is 12.3 Å². The number of hydrogen-bond acceptors (Lipinski definition) is 3. The number of nitrogens with zero attached hydrogens (tertiary/aromatic N) is 2. The van der Waals surface area contributed by atoms with Crippen molar-refractivity contribution in [2.45, 2.75) is 46.8 Å². The van der Waals surface area contributed by atoms with Crippen LogP contribution in [-0.2, 0) is 26.0 Å². The fraction of sp³-hybridized carbons (Fsp3) is 0.438. The summed E-state index contributed by atoms with van der Waals surface area (Å²) in [6.45, 7) is 7.65. The van der Waals surface area contributed by atoms with Crippen molar-refractivity contribution in [1.82, 2.24) is 9.78 Å². The fourth-order valence-corrected chi connectivity index (χ4v) is 2.18. The van der Waals surface area contributed by atoms with Crippen LogP contribution in [0.1, 0.15) is 37.7 Å². The minimum Gasteiger partial charge on any atom is -0.485 e. The minimum absolute atomic E-state index is 0.497. The topological polar surface area (TPSA) is 53.1 Å². The van der Waals surface area contributed by atoms with E-state index < -0.39 is 0 Å². The van der Waals surface area contributed by atoms with Gasteiger partial charge in [-0.2, -0.15) is 5.10 Å². The Labute approximate surface area is 120 Å². The Balaban J connectivity index is 2.10. The summed E-state index contributed by atoms with van der Waals surface area (Å²) in [6, 6.07) is 8.08. The highest BCUT2D eigenvalue weighted by Crippen LogP contribution is 2.24. The second-order valence-corrected chi connectivity index (χ2v) is 4.81. The van der Waals surface area contributed by atoms with Crippen molar-refractivity contribution in [2.24, 2.45) is 0 Å². The molecule has 0 atom stereocenters. The maximum Gasteiger partial charge on any atom is 0.142 e. The van der Waals surface area contributed by atoms with Gasteiger partial charge in [-0.15, -0.1) is 0 Å². The number of ether oxygens (including phenoxy) is 1. The van der Waals surface area contributed by atoms with Gasteiger partial charge in [0.25, 0.3) is 0 Å². The Morgan fingerprint density at radius 2 is 1.95 bits per heavy atom. The monoisotopic (exact) mass is 273 g/mol. The van der Waals surface area contributed by atoms with Crippen LogP contribution >= 0.6 is 0 Å². The Morgan fingerprint density at radius 3 is 2.55 bits per heavy atom. The first kappa shape index (κ1) is 14.4. The average Bonchev–Trinajstić information content (AvgIpc) is 2.88. The van der Waals surface area contributed by atoms with E-state index in [4.69, 9.17) is 10.5 Å². The van der Waals surface area contributed by atoms with Crippen LogP contribution in [0.25, 0.3) is 0 Å². The molecule has 0 spiro atoms. The van der Waals surface area contributed by atoms with Crippen LogP contribution in [0, 0.1) is 0 Å². The van der Waals surface area contributed by atoms with Crippen LogP contribution in [0.3, 0.4) is 0 Å². The number of aryl methyl sites for hydroxylation is 3. The molecule has 20 heavy (non-hydrogen) atoms. The van der Waals surface area contributed by atoms with Crippen LogP contribution in [0.15, 0.2) is 24.3 Å². The molecule has 0 radical (unpaired) electrons. The molecule has 0 aliphatic heterocycles. The van der Waals surface area contributed by atoms with Crippen LogP contribution in [0.2, 0.25) is 0 Å². The van der Waals surface area contributed by atoms with Gasteiger partial charge in [0.1, 0.15) is 12.4 Å². The van der Waals surface area contributed by atoms with E-state index >= 15 is 0 Å². The summed E-state index contributed by atoms with van der Waals surface area (Å²) in [5, 5.41) is 4.51. The smallest absolute Gasteiger partial charge is 0.142 e. The van der Waals surface area contributed by atoms with Crippen molar-refractivity contribution in [3.8, 4) is 5.75 Å². The van der Waals surface area contributed by atoms with E-state index in [1.807, 2.05) is 16.8 Å². The molecule has 4 nitrogen and oxygen atoms in total. The summed E-state index contributed by atoms with van der Waals surface area (Å²) in [4.78, 5) is 0. The van der Waals surface area contributed by atoms with Crippen molar-refractivity contribution >= 4 is 5.69 Å². The molecular formula is C16H23N3O. The molecule has 0 fully saturated rings. The van der Waals surface area contributed by atoms with Gasteiger partial charge in [-0.3, -0.25) is 4.68 Å². The van der Waals surface area contributed by atoms with Crippen LogP contribution in [-0.4, -0.2) is 9.78 Å². The molecule has 2 aromatic rings. The van der Waals surface area contributed by atoms with Gasteiger partial charge in [-0.25, -0.2) is 0 Å². The molecule has 0 saturated heterocycles. The lowest BCUT2D eigenvalue weighted by atomic mass is 10.1. The Kier molecular flexibility index (Phi) is 4.66. The van der Waals surface area contributed by atoms with Crippen LogP contribution < -0.4 is 10.5 Å². The number of hydrogen-bond donors (Lipinski definition) is 1. The van der Waals surface area contributed by atoms with Gasteiger partial charge in [0.15, 0.2) is 0 Å². The highest BCUT2D eigenvalue weighted by Gasteiger charge is 2.08. The van der Waals surface area contributed by atoms with E-state index in [1.54, 1.807) is 0 Å². The number of nitrogens with two attached hydrogens (primary N) is 1. The highest BCUT2D eigenvalue weighted by atomic mass is 16.5. The van der Waals surface area contributed by atoms with Crippen LogP contribution in [0.4, 0.5) is 5.69 Å². The molecule has 2 rings (SSSR count). The average molecular weight is 273 g/mol. The van der Waals surface area contributed by atoms with Crippen molar-refractivity contribution in [2.75, 3.05) is 5.73 Å². The van der Waals surface area contributed by atoms with Crippen molar-refractivity contribution < 1.29 is 4.74 Å². The predicted molar refractivity (Wildman–Crippen MR) is 81.8 cm³/mol. The van der Waals surface area contributed by atoms with Gasteiger partial charge in [-0.05, 0) is 43.5 Å². The van der Waals surface area contributed by atoms with Gasteiger partial charge >= 0.3 is 0 Å². The lowest BCUT2D eigenvalue weighted by molar-refractivity contribution is 0.294. The molecule has 1 aromatic heterocycles. The summed E-state index contributed by atoms with van der Waals surface area (Å²) >= 11 is 0. The summed E-state index contributed by atoms with van der Waals surface area (Å²) in [7, 11) is 0. The normalized spacial score (nSPS) is 10.8. The second-order valence-electron chi connectivity index (χ2n) is 4.81. The molecule has 1 heterocycles. The van der Waals surface area contributed by atoms with Crippen LogP contribution in [0.5, 0.6) is 5.75 Å². The molecule has 0 saturated carbocycles. The summed E-state index contributed by atoms with van der Waals surface area (Å²) in [6.07, 6.45) is 1.92. The van der Waals surface area contributed by atoms with E-state index in [1.165, 1.54) is 5.56 Å². The Hall–Kier alpha value is -1.97. The van der Waals surface area contributed by atoms with Crippen molar-refractivity contribution in [3.63, 3.8) is 0 Å². The number of rotatable bonds is 6. The van der Waals surface area contributed by atoms with Gasteiger partial charge < -0.3 is 10.5 Å². The minimum atomic E-state index is 0.497. The van der Waals surface area contributed by atoms with Gasteiger partial charge in [0, 0.05) is 6.54 Å². The van der Waals surface area contributed by atoms with E-state index in [2.05, 4.69) is 38.0 Å². The molecule has 2 N–H and O–H groups in total. The van der Waals surface area contributed by atoms with E-state index in [-0.39, 0.29) is 0 Å². The molecule has 0 aliphatic rings. The number of nitrogen functional groups attached to an aromatic ring is 1. The summed E-state index contributed by atoms with van der Waals surface area (Å²) in [5.41, 5.74) is 10.1. The zero-order valence-electron chi connectivity index (χ0n) is 12.5. The molecule has 0 bridgehead atoms. The Bertz CT molecular complexity index is 575. The van der Waals surface area contributed by atoms with Gasteiger partial charge in [-0.1, -0.05) is 19.9 Å². The summed E-state index contributed by atoms with van der Waals surface area (Å²) in [5.74, 6) is 0.740. The largest absolute Gasteiger partial charge is 0.485 e. The lowest BCUT2D eigenvalue weighted by Gasteiger charge is -2.10. The fourth-order valence-electron chi connectivity index (χ4n) is 2.18. The molecule has 1 aromatic carbocycles. The molecule has 0 aliphatic carbocycles. The lowest BCUT2D eigenvalue weighted by Crippen LogP contribution is -2.07. The zero-order valence-corrected chi connectivity index (χ0v) is 12.5. The van der Waals surface area contributed by atoms with Gasteiger partial charge in [0.2, 0.25) is 0 Å². The predicted octanol–water partition coefficient (Wildman–Crippen LogP) is 3.19. The molecule has 108 valence electrons. The number of benzene rings is 1. The van der Waals surface area contributed by atoms with E-state index in [9.17, 15) is 0 Å².